The summed E-state index contributed by atoms with van der Waals surface area (Å²) >= 11 is 0. The predicted octanol–water partition coefficient (Wildman–Crippen LogP) is -0.0747. The van der Waals surface area contributed by atoms with Gasteiger partial charge in [0.2, 0.25) is 0 Å². The molecule has 0 unspecified atom stereocenters. The van der Waals surface area contributed by atoms with Gasteiger partial charge >= 0.3 is 0 Å². The molecular formula is C11H13NO4. The fraction of sp³-hybridized carbons (Fsp3) is 0.364. The molecule has 86 valence electrons. The van der Waals surface area contributed by atoms with Gasteiger partial charge in [-0.1, -0.05) is 0 Å². The molecule has 0 amide bonds. The molecular weight excluding hydrogens is 210 g/mol. The van der Waals surface area contributed by atoms with Gasteiger partial charge in [0.15, 0.2) is 11.7 Å². The number of hydrogen-bond donors (Lipinski definition) is 2. The van der Waals surface area contributed by atoms with Gasteiger partial charge in [0.25, 0.3) is 0 Å². The zero-order chi connectivity index (χ0) is 11.9. The number of aryl methyl sites for hydroxylation is 1. The van der Waals surface area contributed by atoms with E-state index in [1.807, 2.05) is 0 Å². The van der Waals surface area contributed by atoms with Crippen molar-refractivity contribution in [3.05, 3.63) is 33.2 Å². The second kappa shape index (κ2) is 3.77. The van der Waals surface area contributed by atoms with Gasteiger partial charge in [-0.15, -0.1) is 0 Å². The average Bonchev–Trinajstić information content (AvgIpc) is 2.13. The van der Waals surface area contributed by atoms with Crippen molar-refractivity contribution in [1.29, 1.82) is 0 Å². The van der Waals surface area contributed by atoms with Crippen LogP contribution in [-0.4, -0.2) is 28.2 Å². The van der Waals surface area contributed by atoms with Crippen LogP contribution in [0.25, 0.3) is 11.8 Å². The molecule has 1 aromatic heterocycles. The third-order valence-electron chi connectivity index (χ3n) is 2.58. The van der Waals surface area contributed by atoms with Crippen LogP contribution in [0.15, 0.2) is 11.0 Å². The molecule has 0 radical (unpaired) electrons. The van der Waals surface area contributed by atoms with Gasteiger partial charge < -0.3 is 19.5 Å². The highest BCUT2D eigenvalue weighted by Crippen LogP contribution is 2.30. The van der Waals surface area contributed by atoms with E-state index in [1.54, 1.807) is 23.8 Å². The van der Waals surface area contributed by atoms with Gasteiger partial charge in [0, 0.05) is 11.8 Å². The summed E-state index contributed by atoms with van der Waals surface area (Å²) in [6, 6.07) is 0. The Morgan fingerprint density at radius 3 is 2.75 bits per heavy atom. The summed E-state index contributed by atoms with van der Waals surface area (Å²) in [7, 11) is 1.51. The summed E-state index contributed by atoms with van der Waals surface area (Å²) in [5.74, 6) is 0.591. The van der Waals surface area contributed by atoms with E-state index in [0.29, 0.717) is 22.6 Å². The minimum absolute atomic E-state index is 0.0180. The predicted molar refractivity (Wildman–Crippen MR) is 58.5 cm³/mol. The number of methoxy groups -OCH3 is 1. The number of pyridine rings is 1. The summed E-state index contributed by atoms with van der Waals surface area (Å²) in [6.45, 7) is 1.71. The highest BCUT2D eigenvalue weighted by Gasteiger charge is 2.25. The van der Waals surface area contributed by atoms with Crippen molar-refractivity contribution >= 4 is 11.8 Å². The van der Waals surface area contributed by atoms with Crippen LogP contribution in [-0.2, 0) is 11.3 Å². The molecule has 2 rings (SSSR count). The SMILES string of the molecule is COC1=Cc2c1n(CC(O)O)cc(C)c2=O. The third kappa shape index (κ3) is 1.54. The standard InChI is InChI=1S/C11H13NO4/c1-6-4-12(5-9(13)14)10-7(11(6)15)3-8(10)16-2/h3-4,9,13-14H,5H2,1-2H3. The Labute approximate surface area is 92.2 Å². The molecule has 5 nitrogen and oxygen atoms in total. The number of ether oxygens (including phenoxy) is 1. The molecule has 0 fully saturated rings. The van der Waals surface area contributed by atoms with Crippen LogP contribution in [0.3, 0.4) is 0 Å². The van der Waals surface area contributed by atoms with Gasteiger partial charge in [0.1, 0.15) is 5.76 Å². The lowest BCUT2D eigenvalue weighted by Gasteiger charge is -2.24. The van der Waals surface area contributed by atoms with E-state index in [9.17, 15) is 4.79 Å². The molecule has 1 aromatic rings. The Morgan fingerprint density at radius 2 is 2.19 bits per heavy atom. The molecule has 0 saturated carbocycles. The monoisotopic (exact) mass is 223 g/mol. The molecule has 0 bridgehead atoms. The maximum absolute atomic E-state index is 11.7. The molecule has 0 aliphatic heterocycles. The summed E-state index contributed by atoms with van der Waals surface area (Å²) in [5.41, 5.74) is 1.73. The molecule has 1 aliphatic rings. The molecule has 0 spiro atoms. The maximum atomic E-state index is 11.7. The second-order valence-corrected chi connectivity index (χ2v) is 3.75. The first kappa shape index (κ1) is 10.9. The summed E-state index contributed by atoms with van der Waals surface area (Å²) in [5, 5.41) is 17.9. The van der Waals surface area contributed by atoms with Crippen molar-refractivity contribution in [3.8, 4) is 0 Å². The Morgan fingerprint density at radius 1 is 1.50 bits per heavy atom. The number of fused-ring (bicyclic) bond motifs is 1. The van der Waals surface area contributed by atoms with E-state index in [-0.39, 0.29) is 12.0 Å². The van der Waals surface area contributed by atoms with Gasteiger partial charge in [-0.2, -0.15) is 0 Å². The van der Waals surface area contributed by atoms with Gasteiger partial charge in [-0.25, -0.2) is 0 Å². The molecule has 2 N–H and O–H groups in total. The molecule has 0 saturated heterocycles. The highest BCUT2D eigenvalue weighted by atomic mass is 16.5. The van der Waals surface area contributed by atoms with Crippen molar-refractivity contribution < 1.29 is 14.9 Å². The Bertz CT molecular complexity index is 513. The van der Waals surface area contributed by atoms with Crippen molar-refractivity contribution in [2.24, 2.45) is 0 Å². The fourth-order valence-corrected chi connectivity index (χ4v) is 1.84. The van der Waals surface area contributed by atoms with E-state index >= 15 is 0 Å². The smallest absolute Gasteiger partial charge is 0.192 e. The van der Waals surface area contributed by atoms with Crippen molar-refractivity contribution in [2.75, 3.05) is 7.11 Å². The minimum atomic E-state index is -1.45. The van der Waals surface area contributed by atoms with Crippen LogP contribution in [0.2, 0.25) is 0 Å². The Kier molecular flexibility index (Phi) is 2.57. The fourth-order valence-electron chi connectivity index (χ4n) is 1.84. The summed E-state index contributed by atoms with van der Waals surface area (Å²) in [6.07, 6.45) is 1.81. The lowest BCUT2D eigenvalue weighted by Crippen LogP contribution is -2.27. The molecule has 5 heteroatoms. The number of hydrogen-bond acceptors (Lipinski definition) is 4. The number of aromatic nitrogens is 1. The van der Waals surface area contributed by atoms with Crippen molar-refractivity contribution in [2.45, 2.75) is 19.8 Å². The lowest BCUT2D eigenvalue weighted by molar-refractivity contribution is -0.0516. The topological polar surface area (TPSA) is 71.7 Å². The number of nitrogens with zero attached hydrogens (tertiary/aromatic N) is 1. The van der Waals surface area contributed by atoms with E-state index in [4.69, 9.17) is 14.9 Å². The van der Waals surface area contributed by atoms with Crippen LogP contribution in [0.1, 0.15) is 16.8 Å². The first-order chi connectivity index (χ1) is 7.54. The normalized spacial score (nSPS) is 13.2. The van der Waals surface area contributed by atoms with Crippen LogP contribution in [0.5, 0.6) is 0 Å². The quantitative estimate of drug-likeness (QED) is 0.703. The van der Waals surface area contributed by atoms with Gasteiger partial charge in [-0.05, 0) is 13.0 Å². The second-order valence-electron chi connectivity index (χ2n) is 3.75. The van der Waals surface area contributed by atoms with Crippen molar-refractivity contribution in [1.82, 2.24) is 4.57 Å². The largest absolute Gasteiger partial charge is 0.495 e. The van der Waals surface area contributed by atoms with E-state index in [2.05, 4.69) is 0 Å². The Balaban J connectivity index is 2.53. The van der Waals surface area contributed by atoms with Crippen molar-refractivity contribution in [3.63, 3.8) is 0 Å². The zero-order valence-corrected chi connectivity index (χ0v) is 9.10. The summed E-state index contributed by atoms with van der Waals surface area (Å²) in [4.78, 5) is 11.7. The highest BCUT2D eigenvalue weighted by molar-refractivity contribution is 5.90. The molecule has 1 heterocycles. The summed E-state index contributed by atoms with van der Waals surface area (Å²) < 4.78 is 6.69. The van der Waals surface area contributed by atoms with Gasteiger partial charge in [-0.3, -0.25) is 4.79 Å². The number of aliphatic hydroxyl groups is 2. The molecule has 0 atom stereocenters. The van der Waals surface area contributed by atoms with Crippen LogP contribution in [0, 0.1) is 6.92 Å². The minimum Gasteiger partial charge on any atom is -0.495 e. The third-order valence-corrected chi connectivity index (χ3v) is 2.58. The van der Waals surface area contributed by atoms with E-state index < -0.39 is 6.29 Å². The molecule has 1 aliphatic carbocycles. The zero-order valence-electron chi connectivity index (χ0n) is 9.10. The first-order valence-corrected chi connectivity index (χ1v) is 4.91. The lowest BCUT2D eigenvalue weighted by atomic mass is 9.98. The number of aliphatic hydroxyl groups excluding tert-OH is 1. The number of rotatable bonds is 3. The van der Waals surface area contributed by atoms with Gasteiger partial charge in [0.05, 0.1) is 24.9 Å². The van der Waals surface area contributed by atoms with Crippen LogP contribution >= 0.6 is 0 Å². The molecule has 0 aromatic carbocycles. The Hall–Kier alpha value is -1.59. The maximum Gasteiger partial charge on any atom is 0.192 e. The van der Waals surface area contributed by atoms with E-state index in [1.165, 1.54) is 7.11 Å². The molecule has 16 heavy (non-hydrogen) atoms. The first-order valence-electron chi connectivity index (χ1n) is 4.91. The average molecular weight is 223 g/mol. The van der Waals surface area contributed by atoms with E-state index in [0.717, 1.165) is 0 Å². The van der Waals surface area contributed by atoms with Crippen LogP contribution in [0.4, 0.5) is 0 Å². The van der Waals surface area contributed by atoms with Crippen LogP contribution < -0.4 is 5.43 Å².